The van der Waals surface area contributed by atoms with Crippen LogP contribution in [0.2, 0.25) is 0 Å². The van der Waals surface area contributed by atoms with E-state index in [1.165, 1.54) is 25.7 Å². The first-order valence-corrected chi connectivity index (χ1v) is 6.65. The molecule has 1 aromatic heterocycles. The summed E-state index contributed by atoms with van der Waals surface area (Å²) in [5, 5.41) is 3.32. The normalized spacial score (nSPS) is 25.5. The molecule has 17 heavy (non-hydrogen) atoms. The van der Waals surface area contributed by atoms with Gasteiger partial charge in [-0.25, -0.2) is 4.98 Å². The summed E-state index contributed by atoms with van der Waals surface area (Å²) in [7, 11) is 0. The van der Waals surface area contributed by atoms with E-state index >= 15 is 0 Å². The Morgan fingerprint density at radius 3 is 2.71 bits per heavy atom. The second kappa shape index (κ2) is 4.61. The molecule has 0 aromatic carbocycles. The van der Waals surface area contributed by atoms with Gasteiger partial charge in [0.25, 0.3) is 5.56 Å². The van der Waals surface area contributed by atoms with Crippen molar-refractivity contribution in [2.45, 2.75) is 43.9 Å². The van der Waals surface area contributed by atoms with Crippen molar-refractivity contribution in [1.29, 1.82) is 0 Å². The third-order valence-electron chi connectivity index (χ3n) is 4.00. The van der Waals surface area contributed by atoms with Gasteiger partial charge in [-0.3, -0.25) is 4.79 Å². The van der Waals surface area contributed by atoms with Crippen LogP contribution in [0.15, 0.2) is 10.9 Å². The molecule has 1 saturated heterocycles. The van der Waals surface area contributed by atoms with Gasteiger partial charge in [-0.15, -0.1) is 0 Å². The largest absolute Gasteiger partial charge is 0.316 e. The number of hydrogen-bond acceptors (Lipinski definition) is 3. The molecule has 1 aliphatic carbocycles. The van der Waals surface area contributed by atoms with E-state index in [0.717, 1.165) is 31.0 Å². The molecule has 2 heterocycles. The van der Waals surface area contributed by atoms with Gasteiger partial charge in [-0.05, 0) is 25.8 Å². The Morgan fingerprint density at radius 2 is 2.00 bits per heavy atom. The molecule has 4 nitrogen and oxygen atoms in total. The van der Waals surface area contributed by atoms with E-state index < -0.39 is 0 Å². The Balaban J connectivity index is 1.91. The van der Waals surface area contributed by atoms with Crippen molar-refractivity contribution in [3.8, 4) is 0 Å². The fraction of sp³-hybridized carbons (Fsp3) is 0.692. The average molecular weight is 233 g/mol. The van der Waals surface area contributed by atoms with Crippen LogP contribution in [-0.4, -0.2) is 23.1 Å². The lowest BCUT2D eigenvalue weighted by atomic mass is 10.0. The fourth-order valence-corrected chi connectivity index (χ4v) is 3.01. The molecule has 0 bridgehead atoms. The van der Waals surface area contributed by atoms with Crippen molar-refractivity contribution >= 4 is 0 Å². The second-order valence-corrected chi connectivity index (χ2v) is 5.23. The maximum atomic E-state index is 11.7. The first-order chi connectivity index (χ1) is 8.33. The van der Waals surface area contributed by atoms with Crippen LogP contribution < -0.4 is 10.9 Å². The topological polar surface area (TPSA) is 57.8 Å². The monoisotopic (exact) mass is 233 g/mol. The number of aromatic amines is 1. The van der Waals surface area contributed by atoms with Crippen molar-refractivity contribution in [3.63, 3.8) is 0 Å². The smallest absolute Gasteiger partial charge is 0.251 e. The fourth-order valence-electron chi connectivity index (χ4n) is 3.01. The van der Waals surface area contributed by atoms with Crippen LogP contribution >= 0.6 is 0 Å². The summed E-state index contributed by atoms with van der Waals surface area (Å²) in [6.45, 7) is 1.97. The number of hydrogen-bond donors (Lipinski definition) is 2. The Hall–Kier alpha value is -1.16. The highest BCUT2D eigenvalue weighted by Gasteiger charge is 2.23. The standard InChI is InChI=1S/C13H19N3O/c17-12-7-11(9-3-1-2-4-9)15-13(16-12)10-5-6-14-8-10/h7,9-10,14H,1-6,8H2,(H,15,16,17). The molecule has 1 atom stereocenters. The lowest BCUT2D eigenvalue weighted by molar-refractivity contribution is 0.645. The second-order valence-electron chi connectivity index (χ2n) is 5.23. The lowest BCUT2D eigenvalue weighted by Gasteiger charge is -2.12. The molecule has 4 heteroatoms. The number of H-pyrrole nitrogens is 1. The summed E-state index contributed by atoms with van der Waals surface area (Å²) in [5.41, 5.74) is 1.04. The van der Waals surface area contributed by atoms with Crippen LogP contribution in [0.3, 0.4) is 0 Å². The molecule has 2 fully saturated rings. The molecule has 0 spiro atoms. The first-order valence-electron chi connectivity index (χ1n) is 6.65. The molecule has 1 aromatic rings. The molecule has 2 aliphatic rings. The van der Waals surface area contributed by atoms with Crippen LogP contribution in [0, 0.1) is 0 Å². The molecule has 1 aliphatic heterocycles. The van der Waals surface area contributed by atoms with Crippen molar-refractivity contribution in [3.05, 3.63) is 27.9 Å². The van der Waals surface area contributed by atoms with E-state index in [9.17, 15) is 4.79 Å². The number of nitrogens with one attached hydrogen (secondary N) is 2. The quantitative estimate of drug-likeness (QED) is 0.814. The van der Waals surface area contributed by atoms with Crippen molar-refractivity contribution in [1.82, 2.24) is 15.3 Å². The minimum Gasteiger partial charge on any atom is -0.316 e. The minimum atomic E-state index is 0.0174. The Labute approximate surface area is 101 Å². The highest BCUT2D eigenvalue weighted by molar-refractivity contribution is 5.13. The van der Waals surface area contributed by atoms with E-state index in [2.05, 4.69) is 10.3 Å². The molecule has 92 valence electrons. The van der Waals surface area contributed by atoms with Gasteiger partial charge in [0.2, 0.25) is 0 Å². The molecular formula is C13H19N3O. The van der Waals surface area contributed by atoms with E-state index in [4.69, 9.17) is 4.98 Å². The number of rotatable bonds is 2. The Bertz CT molecular complexity index is 405. The Morgan fingerprint density at radius 1 is 1.18 bits per heavy atom. The van der Waals surface area contributed by atoms with Gasteiger partial charge < -0.3 is 10.3 Å². The SMILES string of the molecule is O=c1cc(C2CCCC2)nc(C2CCNC2)[nH]1. The van der Waals surface area contributed by atoms with E-state index in [1.54, 1.807) is 6.07 Å². The molecular weight excluding hydrogens is 214 g/mol. The summed E-state index contributed by atoms with van der Waals surface area (Å²) in [6.07, 6.45) is 6.02. The van der Waals surface area contributed by atoms with Crippen LogP contribution in [0.4, 0.5) is 0 Å². The summed E-state index contributed by atoms with van der Waals surface area (Å²) in [6, 6.07) is 1.70. The van der Waals surface area contributed by atoms with Gasteiger partial charge in [0.1, 0.15) is 5.82 Å². The zero-order chi connectivity index (χ0) is 11.7. The molecule has 0 radical (unpaired) electrons. The van der Waals surface area contributed by atoms with Crippen LogP contribution in [0.5, 0.6) is 0 Å². The van der Waals surface area contributed by atoms with Gasteiger partial charge in [0.05, 0.1) is 5.69 Å². The van der Waals surface area contributed by atoms with E-state index in [0.29, 0.717) is 11.8 Å². The zero-order valence-corrected chi connectivity index (χ0v) is 10.0. The third-order valence-corrected chi connectivity index (χ3v) is 4.00. The zero-order valence-electron chi connectivity index (χ0n) is 10.0. The van der Waals surface area contributed by atoms with E-state index in [-0.39, 0.29) is 5.56 Å². The van der Waals surface area contributed by atoms with E-state index in [1.807, 2.05) is 0 Å². The van der Waals surface area contributed by atoms with Gasteiger partial charge in [0.15, 0.2) is 0 Å². The Kier molecular flexibility index (Phi) is 2.97. The van der Waals surface area contributed by atoms with Gasteiger partial charge in [-0.2, -0.15) is 0 Å². The highest BCUT2D eigenvalue weighted by atomic mass is 16.1. The predicted octanol–water partition coefficient (Wildman–Crippen LogP) is 1.50. The lowest BCUT2D eigenvalue weighted by Crippen LogP contribution is -2.18. The summed E-state index contributed by atoms with van der Waals surface area (Å²) >= 11 is 0. The summed E-state index contributed by atoms with van der Waals surface area (Å²) < 4.78 is 0. The van der Waals surface area contributed by atoms with Crippen LogP contribution in [0.25, 0.3) is 0 Å². The summed E-state index contributed by atoms with van der Waals surface area (Å²) in [5.74, 6) is 1.80. The molecule has 1 unspecified atom stereocenters. The first kappa shape index (κ1) is 11.0. The van der Waals surface area contributed by atoms with Gasteiger partial charge in [0, 0.05) is 24.4 Å². The maximum Gasteiger partial charge on any atom is 0.251 e. The predicted molar refractivity (Wildman–Crippen MR) is 66.3 cm³/mol. The molecule has 2 N–H and O–H groups in total. The summed E-state index contributed by atoms with van der Waals surface area (Å²) in [4.78, 5) is 19.3. The van der Waals surface area contributed by atoms with Gasteiger partial charge in [-0.1, -0.05) is 12.8 Å². The van der Waals surface area contributed by atoms with Crippen molar-refractivity contribution in [2.24, 2.45) is 0 Å². The third kappa shape index (κ3) is 2.27. The molecule has 3 rings (SSSR count). The van der Waals surface area contributed by atoms with Crippen molar-refractivity contribution in [2.75, 3.05) is 13.1 Å². The van der Waals surface area contributed by atoms with Crippen molar-refractivity contribution < 1.29 is 0 Å². The average Bonchev–Trinajstić information content (AvgIpc) is 3.02. The maximum absolute atomic E-state index is 11.7. The molecule has 0 amide bonds. The van der Waals surface area contributed by atoms with Crippen LogP contribution in [-0.2, 0) is 0 Å². The van der Waals surface area contributed by atoms with Gasteiger partial charge >= 0.3 is 0 Å². The highest BCUT2D eigenvalue weighted by Crippen LogP contribution is 2.32. The minimum absolute atomic E-state index is 0.0174. The number of nitrogens with zero attached hydrogens (tertiary/aromatic N) is 1. The number of aromatic nitrogens is 2. The van der Waals surface area contributed by atoms with Crippen LogP contribution in [0.1, 0.15) is 55.5 Å². The molecule has 1 saturated carbocycles.